The van der Waals surface area contributed by atoms with E-state index in [0.29, 0.717) is 18.9 Å². The molecule has 0 aliphatic carbocycles. The average molecular weight is 380 g/mol. The number of carboxylic acid groups (broad SMARTS) is 1. The molecule has 3 aromatic rings. The Bertz CT molecular complexity index is 904. The molecule has 3 rings (SSSR count). The third kappa shape index (κ3) is 5.20. The van der Waals surface area contributed by atoms with Gasteiger partial charge < -0.3 is 20.0 Å². The maximum absolute atomic E-state index is 10.8. The summed E-state index contributed by atoms with van der Waals surface area (Å²) in [5, 5.41) is 8.86. The van der Waals surface area contributed by atoms with E-state index in [1.165, 1.54) is 0 Å². The third-order valence-electron chi connectivity index (χ3n) is 4.44. The molecule has 0 amide bonds. The van der Waals surface area contributed by atoms with Gasteiger partial charge >= 0.3 is 5.97 Å². The van der Waals surface area contributed by atoms with Crippen LogP contribution in [-0.4, -0.2) is 28.7 Å². The van der Waals surface area contributed by atoms with E-state index in [-0.39, 0.29) is 0 Å². The minimum atomic E-state index is -1.00. The second-order valence-electron chi connectivity index (χ2n) is 6.63. The number of nitrogens with two attached hydrogens (primary N) is 1. The zero-order valence-corrected chi connectivity index (χ0v) is 15.8. The van der Waals surface area contributed by atoms with Crippen molar-refractivity contribution in [3.05, 3.63) is 71.6 Å². The molecule has 0 saturated heterocycles. The molecule has 0 spiro atoms. The van der Waals surface area contributed by atoms with Crippen molar-refractivity contribution in [2.24, 2.45) is 5.73 Å². The number of hydrogen-bond donors (Lipinski definition) is 2. The van der Waals surface area contributed by atoms with E-state index in [9.17, 15) is 4.79 Å². The highest BCUT2D eigenvalue weighted by atomic mass is 16.5. The SMILES string of the molecule is Cc1oc(-c2ccccc2)nc1CCCOc1ccc(CC(N)C(=O)O)cc1. The predicted octanol–water partition coefficient (Wildman–Crippen LogP) is 3.62. The Balaban J connectivity index is 1.47. The molecule has 6 nitrogen and oxygen atoms in total. The molecular weight excluding hydrogens is 356 g/mol. The standard InChI is InChI=1S/C22H24N2O4/c1-15-20(24-21(28-15)17-6-3-2-4-7-17)8-5-13-27-18-11-9-16(10-12-18)14-19(23)22(25)26/h2-4,6-7,9-12,19H,5,8,13-14,23H2,1H3,(H,25,26). The third-order valence-corrected chi connectivity index (χ3v) is 4.44. The fraction of sp³-hybridized carbons (Fsp3) is 0.273. The van der Waals surface area contributed by atoms with Gasteiger partial charge in [0.1, 0.15) is 17.6 Å². The van der Waals surface area contributed by atoms with Crippen LogP contribution in [0.1, 0.15) is 23.4 Å². The Kier molecular flexibility index (Phi) is 6.45. The second kappa shape index (κ2) is 9.19. The summed E-state index contributed by atoms with van der Waals surface area (Å²) >= 11 is 0. The van der Waals surface area contributed by atoms with Gasteiger partial charge in [-0.1, -0.05) is 30.3 Å². The first-order valence-corrected chi connectivity index (χ1v) is 9.25. The number of aryl methyl sites for hydroxylation is 2. The fourth-order valence-electron chi connectivity index (χ4n) is 2.86. The number of ether oxygens (including phenoxy) is 1. The Morgan fingerprint density at radius 3 is 2.57 bits per heavy atom. The van der Waals surface area contributed by atoms with Gasteiger partial charge in [0.2, 0.25) is 5.89 Å². The highest BCUT2D eigenvalue weighted by molar-refractivity contribution is 5.73. The largest absolute Gasteiger partial charge is 0.494 e. The molecule has 1 heterocycles. The summed E-state index contributed by atoms with van der Waals surface area (Å²) in [6.45, 7) is 2.48. The van der Waals surface area contributed by atoms with Crippen molar-refractivity contribution in [2.75, 3.05) is 6.61 Å². The molecule has 0 saturated carbocycles. The zero-order chi connectivity index (χ0) is 19.9. The fourth-order valence-corrected chi connectivity index (χ4v) is 2.86. The molecule has 0 aliphatic heterocycles. The predicted molar refractivity (Wildman–Crippen MR) is 106 cm³/mol. The van der Waals surface area contributed by atoms with Crippen LogP contribution in [0.5, 0.6) is 5.75 Å². The van der Waals surface area contributed by atoms with E-state index >= 15 is 0 Å². The number of nitrogens with zero attached hydrogens (tertiary/aromatic N) is 1. The van der Waals surface area contributed by atoms with Crippen LogP contribution in [-0.2, 0) is 17.6 Å². The lowest BCUT2D eigenvalue weighted by molar-refractivity contribution is -0.138. The van der Waals surface area contributed by atoms with Gasteiger partial charge in [-0.25, -0.2) is 4.98 Å². The van der Waals surface area contributed by atoms with Gasteiger partial charge in [0.05, 0.1) is 12.3 Å². The van der Waals surface area contributed by atoms with Gasteiger partial charge in [-0.2, -0.15) is 0 Å². The van der Waals surface area contributed by atoms with Crippen LogP contribution >= 0.6 is 0 Å². The van der Waals surface area contributed by atoms with Gasteiger partial charge in [0.15, 0.2) is 0 Å². The topological polar surface area (TPSA) is 98.6 Å². The highest BCUT2D eigenvalue weighted by Gasteiger charge is 2.12. The van der Waals surface area contributed by atoms with E-state index in [1.54, 1.807) is 0 Å². The first-order valence-electron chi connectivity index (χ1n) is 9.25. The number of rotatable bonds is 9. The summed E-state index contributed by atoms with van der Waals surface area (Å²) in [6, 6.07) is 16.3. The van der Waals surface area contributed by atoms with Crippen LogP contribution in [0.2, 0.25) is 0 Å². The Hall–Kier alpha value is -3.12. The molecule has 0 bridgehead atoms. The van der Waals surface area contributed by atoms with E-state index in [0.717, 1.165) is 41.2 Å². The monoisotopic (exact) mass is 380 g/mol. The normalized spacial score (nSPS) is 11.9. The van der Waals surface area contributed by atoms with Crippen molar-refractivity contribution >= 4 is 5.97 Å². The smallest absolute Gasteiger partial charge is 0.320 e. The van der Waals surface area contributed by atoms with Crippen LogP contribution in [0.25, 0.3) is 11.5 Å². The quantitative estimate of drug-likeness (QED) is 0.550. The van der Waals surface area contributed by atoms with E-state index < -0.39 is 12.0 Å². The number of carboxylic acids is 1. The molecule has 6 heteroatoms. The van der Waals surface area contributed by atoms with Crippen LogP contribution in [0.4, 0.5) is 0 Å². The van der Waals surface area contributed by atoms with Crippen molar-refractivity contribution in [1.29, 1.82) is 0 Å². The zero-order valence-electron chi connectivity index (χ0n) is 15.8. The molecule has 1 unspecified atom stereocenters. The van der Waals surface area contributed by atoms with Gasteiger partial charge in [-0.05, 0) is 56.0 Å². The molecule has 146 valence electrons. The van der Waals surface area contributed by atoms with Gasteiger partial charge in [-0.3, -0.25) is 4.79 Å². The molecule has 1 aromatic heterocycles. The maximum atomic E-state index is 10.8. The molecule has 1 atom stereocenters. The maximum Gasteiger partial charge on any atom is 0.320 e. The number of benzene rings is 2. The minimum absolute atomic E-state index is 0.296. The number of hydrogen-bond acceptors (Lipinski definition) is 5. The number of carbonyl (C=O) groups is 1. The summed E-state index contributed by atoms with van der Waals surface area (Å²) in [5.41, 5.74) is 8.33. The van der Waals surface area contributed by atoms with Gasteiger partial charge in [0, 0.05) is 5.56 Å². The molecule has 3 N–H and O–H groups in total. The van der Waals surface area contributed by atoms with E-state index in [2.05, 4.69) is 4.98 Å². The highest BCUT2D eigenvalue weighted by Crippen LogP contribution is 2.22. The van der Waals surface area contributed by atoms with Crippen LogP contribution in [0.3, 0.4) is 0 Å². The number of oxazole rings is 1. The molecule has 0 fully saturated rings. The Morgan fingerprint density at radius 1 is 1.18 bits per heavy atom. The Morgan fingerprint density at radius 2 is 1.89 bits per heavy atom. The van der Waals surface area contributed by atoms with Crippen molar-refractivity contribution in [2.45, 2.75) is 32.2 Å². The number of aliphatic carboxylic acids is 1. The van der Waals surface area contributed by atoms with Crippen molar-refractivity contribution in [3.63, 3.8) is 0 Å². The average Bonchev–Trinajstić information content (AvgIpc) is 3.08. The van der Waals surface area contributed by atoms with Crippen LogP contribution in [0, 0.1) is 6.92 Å². The van der Waals surface area contributed by atoms with Crippen molar-refractivity contribution in [3.8, 4) is 17.2 Å². The molecule has 0 aliphatic rings. The Labute approximate surface area is 164 Å². The van der Waals surface area contributed by atoms with E-state index in [1.807, 2.05) is 61.5 Å². The van der Waals surface area contributed by atoms with E-state index in [4.69, 9.17) is 20.0 Å². The van der Waals surface area contributed by atoms with Gasteiger partial charge in [0.25, 0.3) is 0 Å². The molecule has 0 radical (unpaired) electrons. The lowest BCUT2D eigenvalue weighted by atomic mass is 10.1. The minimum Gasteiger partial charge on any atom is -0.494 e. The van der Waals surface area contributed by atoms with Crippen LogP contribution in [0.15, 0.2) is 59.0 Å². The first kappa shape index (κ1) is 19.6. The van der Waals surface area contributed by atoms with Gasteiger partial charge in [-0.15, -0.1) is 0 Å². The lowest BCUT2D eigenvalue weighted by Crippen LogP contribution is -2.32. The second-order valence-corrected chi connectivity index (χ2v) is 6.63. The molecule has 2 aromatic carbocycles. The summed E-state index contributed by atoms with van der Waals surface area (Å²) in [5.74, 6) is 1.22. The summed E-state index contributed by atoms with van der Waals surface area (Å²) < 4.78 is 11.5. The van der Waals surface area contributed by atoms with Crippen molar-refractivity contribution < 1.29 is 19.1 Å². The summed E-state index contributed by atoms with van der Waals surface area (Å²) in [7, 11) is 0. The van der Waals surface area contributed by atoms with Crippen molar-refractivity contribution in [1.82, 2.24) is 4.98 Å². The summed E-state index contributed by atoms with van der Waals surface area (Å²) in [6.07, 6.45) is 1.88. The number of aromatic nitrogens is 1. The van der Waals surface area contributed by atoms with Crippen LogP contribution < -0.4 is 10.5 Å². The molecular formula is C22H24N2O4. The lowest BCUT2D eigenvalue weighted by Gasteiger charge is -2.09. The first-order chi connectivity index (χ1) is 13.5. The molecule has 28 heavy (non-hydrogen) atoms. The summed E-state index contributed by atoms with van der Waals surface area (Å²) in [4.78, 5) is 15.4.